The number of fused-ring (bicyclic) bond motifs is 3. The van der Waals surface area contributed by atoms with Gasteiger partial charge in [-0.25, -0.2) is 4.98 Å². The van der Waals surface area contributed by atoms with E-state index < -0.39 is 7.12 Å². The Bertz CT molecular complexity index is 1100. The molecule has 0 saturated carbocycles. The Balaban J connectivity index is 1.52. The maximum Gasteiger partial charge on any atom is 0.552 e. The summed E-state index contributed by atoms with van der Waals surface area (Å²) in [6.45, 7) is 3.56. The molecule has 2 aromatic heterocycles. The van der Waals surface area contributed by atoms with Crippen LogP contribution in [-0.4, -0.2) is 46.0 Å². The predicted molar refractivity (Wildman–Crippen MR) is 112 cm³/mol. The predicted octanol–water partition coefficient (Wildman–Crippen LogP) is 3.16. The Morgan fingerprint density at radius 3 is 2.97 bits per heavy atom. The van der Waals surface area contributed by atoms with Crippen molar-refractivity contribution in [3.05, 3.63) is 65.9 Å². The first-order chi connectivity index (χ1) is 14.1. The highest BCUT2D eigenvalue weighted by atomic mass is 16.5. The molecule has 0 aliphatic carbocycles. The van der Waals surface area contributed by atoms with E-state index in [4.69, 9.17) is 4.65 Å². The Morgan fingerprint density at radius 2 is 2.14 bits per heavy atom. The third-order valence-corrected chi connectivity index (χ3v) is 6.08. The van der Waals surface area contributed by atoms with E-state index in [9.17, 15) is 9.82 Å². The Labute approximate surface area is 169 Å². The molecule has 0 unspecified atom stereocenters. The quantitative estimate of drug-likeness (QED) is 0.663. The van der Waals surface area contributed by atoms with Crippen LogP contribution in [0.2, 0.25) is 0 Å². The fraction of sp³-hybridized carbons (Fsp3) is 0.273. The first-order valence-corrected chi connectivity index (χ1v) is 9.99. The summed E-state index contributed by atoms with van der Waals surface area (Å²) in [7, 11) is -1.01. The second kappa shape index (κ2) is 7.08. The van der Waals surface area contributed by atoms with Gasteiger partial charge in [0.25, 0.3) is 5.91 Å². The van der Waals surface area contributed by atoms with Gasteiger partial charge < -0.3 is 19.6 Å². The van der Waals surface area contributed by atoms with Crippen LogP contribution in [0.3, 0.4) is 0 Å². The molecule has 1 aromatic carbocycles. The van der Waals surface area contributed by atoms with Gasteiger partial charge in [-0.15, -0.1) is 0 Å². The van der Waals surface area contributed by atoms with Crippen molar-refractivity contribution < 1.29 is 14.5 Å². The summed E-state index contributed by atoms with van der Waals surface area (Å²) in [6, 6.07) is 11.4. The van der Waals surface area contributed by atoms with Crippen molar-refractivity contribution in [3.8, 4) is 5.75 Å². The van der Waals surface area contributed by atoms with E-state index in [-0.39, 0.29) is 11.8 Å². The van der Waals surface area contributed by atoms with Crippen molar-refractivity contribution in [2.75, 3.05) is 13.1 Å². The van der Waals surface area contributed by atoms with Crippen LogP contribution in [0.25, 0.3) is 16.6 Å². The number of carbonyl (C=O) groups is 1. The number of amides is 1. The molecule has 0 spiro atoms. The number of nitrogens with zero attached hydrogens (tertiary/aromatic N) is 2. The number of hydrogen-bond acceptors (Lipinski definition) is 4. The molecule has 7 heteroatoms. The molecule has 4 heterocycles. The average Bonchev–Trinajstić information content (AvgIpc) is 3.22. The number of likely N-dealkylation sites (tertiary alicyclic amines) is 1. The van der Waals surface area contributed by atoms with Crippen LogP contribution in [0.4, 0.5) is 0 Å². The van der Waals surface area contributed by atoms with Crippen LogP contribution in [0.5, 0.6) is 5.75 Å². The first kappa shape index (κ1) is 18.0. The normalized spacial score (nSPS) is 21.5. The molecule has 2 atom stereocenters. The van der Waals surface area contributed by atoms with Crippen molar-refractivity contribution in [1.82, 2.24) is 14.9 Å². The standard InChI is InChI=1S/C22H22BN3O3/c1-14-8-10-26(22(27)15-5-3-2-4-6-15)13-18(14)17-11-23(28)29-19-12-25-21-16(20(17)19)7-9-24-21/h2-7,9,11-12,14,18,28H,8,10,13H2,1H3,(H,24,25)/t14-,18+/m0/s1. The van der Waals surface area contributed by atoms with Gasteiger partial charge in [0.05, 0.1) is 6.20 Å². The van der Waals surface area contributed by atoms with Gasteiger partial charge in [-0.05, 0) is 42.1 Å². The highest BCUT2D eigenvalue weighted by molar-refractivity contribution is 6.52. The molecule has 6 nitrogen and oxygen atoms in total. The number of pyridine rings is 1. The molecule has 5 rings (SSSR count). The van der Waals surface area contributed by atoms with E-state index in [2.05, 4.69) is 16.9 Å². The maximum atomic E-state index is 13.0. The Morgan fingerprint density at radius 1 is 1.31 bits per heavy atom. The summed E-state index contributed by atoms with van der Waals surface area (Å²) in [5.41, 5.74) is 3.49. The molecular formula is C22H22BN3O3. The molecule has 1 fully saturated rings. The van der Waals surface area contributed by atoms with Crippen LogP contribution in [0.15, 0.2) is 54.8 Å². The van der Waals surface area contributed by atoms with E-state index in [0.29, 0.717) is 23.8 Å². The Kier molecular flexibility index (Phi) is 4.40. The monoisotopic (exact) mass is 387 g/mol. The molecule has 2 aliphatic rings. The molecule has 1 amide bonds. The minimum atomic E-state index is -1.01. The number of aromatic amines is 1. The number of carbonyl (C=O) groups excluding carboxylic acids is 1. The molecule has 1 saturated heterocycles. The average molecular weight is 387 g/mol. The lowest BCUT2D eigenvalue weighted by Crippen LogP contribution is -2.44. The van der Waals surface area contributed by atoms with E-state index in [1.165, 1.54) is 0 Å². The summed E-state index contributed by atoms with van der Waals surface area (Å²) < 4.78 is 5.63. The highest BCUT2D eigenvalue weighted by Crippen LogP contribution is 2.43. The van der Waals surface area contributed by atoms with Gasteiger partial charge in [0.15, 0.2) is 0 Å². The number of nitrogens with one attached hydrogen (secondary N) is 1. The van der Waals surface area contributed by atoms with Crippen molar-refractivity contribution in [2.24, 2.45) is 11.8 Å². The summed E-state index contributed by atoms with van der Waals surface area (Å²) in [5, 5.41) is 11.3. The van der Waals surface area contributed by atoms with Gasteiger partial charge in [0, 0.05) is 41.7 Å². The van der Waals surface area contributed by atoms with Gasteiger partial charge in [0.1, 0.15) is 11.4 Å². The molecule has 2 N–H and O–H groups in total. The molecule has 2 aliphatic heterocycles. The number of H-pyrrole nitrogens is 1. The van der Waals surface area contributed by atoms with Gasteiger partial charge in [-0.2, -0.15) is 0 Å². The zero-order valence-electron chi connectivity index (χ0n) is 16.2. The van der Waals surface area contributed by atoms with E-state index in [1.807, 2.05) is 47.5 Å². The Hall–Kier alpha value is -3.06. The smallest absolute Gasteiger partial charge is 0.531 e. The van der Waals surface area contributed by atoms with E-state index >= 15 is 0 Å². The number of hydrogen-bond donors (Lipinski definition) is 2. The lowest BCUT2D eigenvalue weighted by Gasteiger charge is -2.40. The van der Waals surface area contributed by atoms with Gasteiger partial charge in [-0.3, -0.25) is 4.79 Å². The molecule has 3 aromatic rings. The van der Waals surface area contributed by atoms with Crippen LogP contribution in [-0.2, 0) is 0 Å². The van der Waals surface area contributed by atoms with Crippen molar-refractivity contribution >= 4 is 29.6 Å². The van der Waals surface area contributed by atoms with Crippen molar-refractivity contribution in [2.45, 2.75) is 13.3 Å². The van der Waals surface area contributed by atoms with Gasteiger partial charge in [-0.1, -0.05) is 25.1 Å². The van der Waals surface area contributed by atoms with Crippen molar-refractivity contribution in [1.29, 1.82) is 0 Å². The first-order valence-electron chi connectivity index (χ1n) is 9.99. The van der Waals surface area contributed by atoms with Crippen LogP contribution < -0.4 is 4.65 Å². The SMILES string of the molecule is C[C@H]1CCN(C(=O)c2ccccc2)C[C@H]1C1=CB(O)Oc2cnc3[nH]ccc3c21. The largest absolute Gasteiger partial charge is 0.552 e. The van der Waals surface area contributed by atoms with E-state index in [0.717, 1.165) is 35.1 Å². The van der Waals surface area contributed by atoms with Gasteiger partial charge in [0.2, 0.25) is 0 Å². The third kappa shape index (κ3) is 3.11. The number of rotatable bonds is 2. The second-order valence-corrected chi connectivity index (χ2v) is 7.86. The lowest BCUT2D eigenvalue weighted by molar-refractivity contribution is 0.0657. The van der Waals surface area contributed by atoms with Crippen LogP contribution in [0, 0.1) is 11.8 Å². The zero-order chi connectivity index (χ0) is 20.0. The fourth-order valence-electron chi connectivity index (χ4n) is 4.51. The third-order valence-electron chi connectivity index (χ3n) is 6.08. The zero-order valence-corrected chi connectivity index (χ0v) is 16.2. The molecule has 29 heavy (non-hydrogen) atoms. The lowest BCUT2D eigenvalue weighted by atomic mass is 9.71. The highest BCUT2D eigenvalue weighted by Gasteiger charge is 2.37. The summed E-state index contributed by atoms with van der Waals surface area (Å²) in [4.78, 5) is 22.5. The minimum Gasteiger partial charge on any atom is -0.531 e. The maximum absolute atomic E-state index is 13.0. The summed E-state index contributed by atoms with van der Waals surface area (Å²) in [6.07, 6.45) is 4.43. The van der Waals surface area contributed by atoms with Crippen LogP contribution >= 0.6 is 0 Å². The topological polar surface area (TPSA) is 78.5 Å². The number of piperidine rings is 1. The second-order valence-electron chi connectivity index (χ2n) is 7.86. The molecule has 146 valence electrons. The molecule has 0 bridgehead atoms. The van der Waals surface area contributed by atoms with Crippen LogP contribution in [0.1, 0.15) is 29.3 Å². The van der Waals surface area contributed by atoms with Crippen molar-refractivity contribution in [3.63, 3.8) is 0 Å². The molecular weight excluding hydrogens is 365 g/mol. The summed E-state index contributed by atoms with van der Waals surface area (Å²) >= 11 is 0. The van der Waals surface area contributed by atoms with E-state index in [1.54, 1.807) is 12.2 Å². The van der Waals surface area contributed by atoms with Gasteiger partial charge >= 0.3 is 7.12 Å². The minimum absolute atomic E-state index is 0.0532. The molecule has 0 radical (unpaired) electrons. The summed E-state index contributed by atoms with van der Waals surface area (Å²) in [5.74, 6) is 2.90. The fourth-order valence-corrected chi connectivity index (χ4v) is 4.51. The number of benzene rings is 1. The number of aromatic nitrogens is 2.